The van der Waals surface area contributed by atoms with Gasteiger partial charge in [0.25, 0.3) is 0 Å². The summed E-state index contributed by atoms with van der Waals surface area (Å²) in [5.41, 5.74) is 6.30. The van der Waals surface area contributed by atoms with Crippen LogP contribution in [0.25, 0.3) is 0 Å². The van der Waals surface area contributed by atoms with Gasteiger partial charge in [-0.15, -0.1) is 0 Å². The van der Waals surface area contributed by atoms with Crippen LogP contribution in [0.2, 0.25) is 0 Å². The number of benzene rings is 1. The molecule has 2 N–H and O–H groups in total. The molecule has 0 spiro atoms. The molecule has 1 aromatic rings. The zero-order valence-corrected chi connectivity index (χ0v) is 12.7. The number of para-hydroxylation sites is 2. The molecule has 0 heterocycles. The molecule has 0 saturated heterocycles. The third kappa shape index (κ3) is 3.88. The van der Waals surface area contributed by atoms with E-state index in [1.807, 2.05) is 12.1 Å². The van der Waals surface area contributed by atoms with Crippen LogP contribution in [0, 0.1) is 5.92 Å². The van der Waals surface area contributed by atoms with Gasteiger partial charge in [0.2, 0.25) is 0 Å². The van der Waals surface area contributed by atoms with Gasteiger partial charge in [-0.25, -0.2) is 8.42 Å². The van der Waals surface area contributed by atoms with Crippen LogP contribution < -0.4 is 10.5 Å². The van der Waals surface area contributed by atoms with Gasteiger partial charge in [0.05, 0.1) is 16.7 Å². The Labute approximate surface area is 121 Å². The number of rotatable bonds is 5. The average molecular weight is 297 g/mol. The maximum absolute atomic E-state index is 12.3. The zero-order chi connectivity index (χ0) is 14.6. The van der Waals surface area contributed by atoms with Crippen molar-refractivity contribution in [3.05, 3.63) is 24.3 Å². The van der Waals surface area contributed by atoms with Crippen molar-refractivity contribution in [2.24, 2.45) is 5.92 Å². The lowest BCUT2D eigenvalue weighted by atomic mass is 9.91. The Bertz CT molecular complexity index is 542. The molecule has 112 valence electrons. The van der Waals surface area contributed by atoms with E-state index in [2.05, 4.69) is 6.92 Å². The minimum Gasteiger partial charge on any atom is -0.490 e. The molecule has 0 aliphatic heterocycles. The van der Waals surface area contributed by atoms with E-state index in [-0.39, 0.29) is 17.6 Å². The molecule has 5 heteroatoms. The maximum atomic E-state index is 12.3. The fourth-order valence-electron chi connectivity index (χ4n) is 2.75. The van der Waals surface area contributed by atoms with Crippen LogP contribution in [0.5, 0.6) is 5.75 Å². The molecule has 2 atom stereocenters. The molecule has 0 radical (unpaired) electrons. The second-order valence-electron chi connectivity index (χ2n) is 5.65. The summed E-state index contributed by atoms with van der Waals surface area (Å²) in [5, 5.41) is -0.192. The third-order valence-electron chi connectivity index (χ3n) is 3.94. The largest absolute Gasteiger partial charge is 0.490 e. The molecule has 0 amide bonds. The third-order valence-corrected chi connectivity index (χ3v) is 6.12. The van der Waals surface area contributed by atoms with E-state index >= 15 is 0 Å². The van der Waals surface area contributed by atoms with E-state index in [1.54, 1.807) is 12.1 Å². The number of nitrogens with two attached hydrogens (primary N) is 1. The molecule has 2 rings (SSSR count). The first-order valence-electron chi connectivity index (χ1n) is 7.18. The highest BCUT2D eigenvalue weighted by Crippen LogP contribution is 2.29. The SMILES string of the molecule is CC1CCCC(S(=O)(=O)CCOc2ccccc2N)C1. The first kappa shape index (κ1) is 15.2. The van der Waals surface area contributed by atoms with Gasteiger partial charge in [0, 0.05) is 0 Å². The Morgan fingerprint density at radius 1 is 1.30 bits per heavy atom. The predicted octanol–water partition coefficient (Wildman–Crippen LogP) is 2.64. The molecule has 1 aliphatic rings. The van der Waals surface area contributed by atoms with Crippen molar-refractivity contribution < 1.29 is 13.2 Å². The maximum Gasteiger partial charge on any atom is 0.156 e. The van der Waals surface area contributed by atoms with Crippen LogP contribution in [0.15, 0.2) is 24.3 Å². The van der Waals surface area contributed by atoms with Gasteiger partial charge in [-0.1, -0.05) is 31.9 Å². The zero-order valence-electron chi connectivity index (χ0n) is 11.9. The van der Waals surface area contributed by atoms with Crippen LogP contribution in [-0.2, 0) is 9.84 Å². The molecule has 0 aromatic heterocycles. The van der Waals surface area contributed by atoms with Gasteiger partial charge in [0.1, 0.15) is 12.4 Å². The lowest BCUT2D eigenvalue weighted by molar-refractivity contribution is 0.338. The average Bonchev–Trinajstić information content (AvgIpc) is 2.41. The molecule has 1 aliphatic carbocycles. The summed E-state index contributed by atoms with van der Waals surface area (Å²) in [6, 6.07) is 7.14. The molecule has 2 unspecified atom stereocenters. The minimum absolute atomic E-state index is 0.0682. The van der Waals surface area contributed by atoms with Gasteiger partial charge < -0.3 is 10.5 Å². The summed E-state index contributed by atoms with van der Waals surface area (Å²) in [4.78, 5) is 0. The summed E-state index contributed by atoms with van der Waals surface area (Å²) in [6.45, 7) is 2.30. The summed E-state index contributed by atoms with van der Waals surface area (Å²) in [7, 11) is -3.07. The van der Waals surface area contributed by atoms with E-state index in [1.165, 1.54) is 0 Å². The number of hydrogen-bond acceptors (Lipinski definition) is 4. The molecule has 0 bridgehead atoms. The Morgan fingerprint density at radius 3 is 2.75 bits per heavy atom. The van der Waals surface area contributed by atoms with Crippen molar-refractivity contribution >= 4 is 15.5 Å². The van der Waals surface area contributed by atoms with Crippen LogP contribution in [0.3, 0.4) is 0 Å². The Hall–Kier alpha value is -1.23. The van der Waals surface area contributed by atoms with Crippen LogP contribution in [-0.4, -0.2) is 26.0 Å². The van der Waals surface area contributed by atoms with Gasteiger partial charge in [0.15, 0.2) is 9.84 Å². The van der Waals surface area contributed by atoms with Gasteiger partial charge in [-0.3, -0.25) is 0 Å². The quantitative estimate of drug-likeness (QED) is 0.848. The van der Waals surface area contributed by atoms with Crippen LogP contribution in [0.4, 0.5) is 5.69 Å². The lowest BCUT2D eigenvalue weighted by Gasteiger charge is -2.26. The highest BCUT2D eigenvalue weighted by atomic mass is 32.2. The monoisotopic (exact) mass is 297 g/mol. The van der Waals surface area contributed by atoms with Crippen molar-refractivity contribution in [1.29, 1.82) is 0 Å². The van der Waals surface area contributed by atoms with E-state index in [0.29, 0.717) is 17.4 Å². The number of sulfone groups is 1. The Morgan fingerprint density at radius 2 is 2.05 bits per heavy atom. The van der Waals surface area contributed by atoms with Crippen molar-refractivity contribution in [3.8, 4) is 5.75 Å². The molecule has 4 nitrogen and oxygen atoms in total. The first-order valence-corrected chi connectivity index (χ1v) is 8.89. The van der Waals surface area contributed by atoms with Crippen molar-refractivity contribution in [3.63, 3.8) is 0 Å². The van der Waals surface area contributed by atoms with E-state index in [4.69, 9.17) is 10.5 Å². The van der Waals surface area contributed by atoms with Gasteiger partial charge >= 0.3 is 0 Å². The van der Waals surface area contributed by atoms with Gasteiger partial charge in [-0.05, 0) is 30.9 Å². The van der Waals surface area contributed by atoms with Crippen LogP contribution >= 0.6 is 0 Å². The highest BCUT2D eigenvalue weighted by molar-refractivity contribution is 7.92. The van der Waals surface area contributed by atoms with Crippen molar-refractivity contribution in [1.82, 2.24) is 0 Å². The number of nitrogen functional groups attached to an aromatic ring is 1. The molecule has 1 fully saturated rings. The Balaban J connectivity index is 1.88. The fraction of sp³-hybridized carbons (Fsp3) is 0.600. The molecular weight excluding hydrogens is 274 g/mol. The first-order chi connectivity index (χ1) is 9.49. The van der Waals surface area contributed by atoms with E-state index in [9.17, 15) is 8.42 Å². The van der Waals surface area contributed by atoms with Gasteiger partial charge in [-0.2, -0.15) is 0 Å². The Kier molecular flexibility index (Phi) is 4.91. The number of ether oxygens (including phenoxy) is 1. The normalized spacial score (nSPS) is 23.4. The lowest BCUT2D eigenvalue weighted by Crippen LogP contribution is -2.31. The summed E-state index contributed by atoms with van der Waals surface area (Å²) >= 11 is 0. The van der Waals surface area contributed by atoms with Crippen LogP contribution in [0.1, 0.15) is 32.6 Å². The summed E-state index contributed by atoms with van der Waals surface area (Å²) < 4.78 is 30.1. The minimum atomic E-state index is -3.07. The predicted molar refractivity (Wildman–Crippen MR) is 81.6 cm³/mol. The highest BCUT2D eigenvalue weighted by Gasteiger charge is 2.29. The number of hydrogen-bond donors (Lipinski definition) is 1. The standard InChI is InChI=1S/C15H23NO3S/c1-12-5-4-6-13(11-12)20(17,18)10-9-19-15-8-3-2-7-14(15)16/h2-3,7-8,12-13H,4-6,9-11,16H2,1H3. The molecule has 20 heavy (non-hydrogen) atoms. The molecule has 1 aromatic carbocycles. The smallest absolute Gasteiger partial charge is 0.156 e. The topological polar surface area (TPSA) is 69.4 Å². The second-order valence-corrected chi connectivity index (χ2v) is 8.05. The molecule has 1 saturated carbocycles. The van der Waals surface area contributed by atoms with E-state index < -0.39 is 9.84 Å². The van der Waals surface area contributed by atoms with Crippen molar-refractivity contribution in [2.45, 2.75) is 37.9 Å². The second kappa shape index (κ2) is 6.48. The summed E-state index contributed by atoms with van der Waals surface area (Å²) in [6.07, 6.45) is 3.73. The summed E-state index contributed by atoms with van der Waals surface area (Å²) in [5.74, 6) is 1.13. The number of anilines is 1. The molecular formula is C15H23NO3S. The fourth-order valence-corrected chi connectivity index (χ4v) is 4.55. The van der Waals surface area contributed by atoms with E-state index in [0.717, 1.165) is 25.7 Å². The van der Waals surface area contributed by atoms with Crippen molar-refractivity contribution in [2.75, 3.05) is 18.1 Å².